The molecule has 0 aromatic carbocycles. The van der Waals surface area contributed by atoms with Crippen molar-refractivity contribution in [3.05, 3.63) is 0 Å². The number of hydrogen-bond acceptors (Lipinski definition) is 1. The smallest absolute Gasteiger partial charge is 0.350 e. The van der Waals surface area contributed by atoms with Crippen LogP contribution in [0, 0.1) is 0 Å². The average Bonchev–Trinajstić information content (AvgIpc) is 2.34. The fourth-order valence-electron chi connectivity index (χ4n) is 1.16. The molecule has 1 nitrogen and oxygen atoms in total. The third-order valence-corrected chi connectivity index (χ3v) is 2.73. The van der Waals surface area contributed by atoms with Crippen molar-refractivity contribution in [2.75, 3.05) is 0 Å². The molecule has 158 valence electrons. The molecule has 0 aliphatic carbocycles. The standard InChI is InChI=1S/C8HF17O/c9-1(10,3(13,14)5(17,18)7(20,21)22)2(11,12)4(15,16)6(19,26)8(23,24)25/h26H. The third-order valence-electron chi connectivity index (χ3n) is 2.73. The fraction of sp³-hybridized carbons (Fsp3) is 1.00. The van der Waals surface area contributed by atoms with Crippen LogP contribution in [0.5, 0.6) is 0 Å². The summed E-state index contributed by atoms with van der Waals surface area (Å²) in [5.74, 6) is -50.0. The van der Waals surface area contributed by atoms with Gasteiger partial charge in [-0.05, 0) is 0 Å². The van der Waals surface area contributed by atoms with Gasteiger partial charge in [-0.2, -0.15) is 74.6 Å². The van der Waals surface area contributed by atoms with Crippen LogP contribution >= 0.6 is 0 Å². The van der Waals surface area contributed by atoms with E-state index in [1.807, 2.05) is 0 Å². The van der Waals surface area contributed by atoms with Gasteiger partial charge in [0.05, 0.1) is 0 Å². The molecule has 0 aromatic rings. The van der Waals surface area contributed by atoms with Crippen molar-refractivity contribution in [3.63, 3.8) is 0 Å². The van der Waals surface area contributed by atoms with Crippen LogP contribution in [-0.2, 0) is 0 Å². The van der Waals surface area contributed by atoms with Crippen LogP contribution in [0.25, 0.3) is 0 Å². The number of rotatable bonds is 5. The summed E-state index contributed by atoms with van der Waals surface area (Å²) < 4.78 is 210. The van der Waals surface area contributed by atoms with Gasteiger partial charge in [0.15, 0.2) is 0 Å². The molecule has 0 saturated heterocycles. The molecule has 0 saturated carbocycles. The maximum Gasteiger partial charge on any atom is 0.460 e. The minimum Gasteiger partial charge on any atom is -0.350 e. The van der Waals surface area contributed by atoms with Crippen molar-refractivity contribution in [2.24, 2.45) is 0 Å². The van der Waals surface area contributed by atoms with Crippen molar-refractivity contribution < 1.29 is 79.7 Å². The molecule has 0 fully saturated rings. The summed E-state index contributed by atoms with van der Waals surface area (Å²) in [5.41, 5.74) is 0. The average molecular weight is 436 g/mol. The molecule has 18 heteroatoms. The normalized spacial score (nSPS) is 18.7. The van der Waals surface area contributed by atoms with E-state index >= 15 is 0 Å². The van der Waals surface area contributed by atoms with Crippen molar-refractivity contribution in [1.29, 1.82) is 0 Å². The molecule has 0 heterocycles. The SMILES string of the molecule is OC(F)(C(F)(F)F)C(F)(F)C(F)(F)C(F)(F)C(F)(F)C(F)(F)C(F)(F)F. The molecule has 26 heavy (non-hydrogen) atoms. The van der Waals surface area contributed by atoms with Crippen LogP contribution in [-0.4, -0.2) is 52.9 Å². The second-order valence-corrected chi connectivity index (χ2v) is 4.49. The summed E-state index contributed by atoms with van der Waals surface area (Å²) in [4.78, 5) is 0. The Kier molecular flexibility index (Phi) is 5.37. The first-order chi connectivity index (χ1) is 10.8. The number of halogens is 17. The summed E-state index contributed by atoms with van der Waals surface area (Å²) in [6.07, 6.45) is -15.4. The van der Waals surface area contributed by atoms with Gasteiger partial charge in [0, 0.05) is 0 Å². The number of hydrogen-bond donors (Lipinski definition) is 1. The van der Waals surface area contributed by atoms with Gasteiger partial charge in [-0.3, -0.25) is 0 Å². The fourth-order valence-corrected chi connectivity index (χ4v) is 1.16. The van der Waals surface area contributed by atoms with Crippen LogP contribution < -0.4 is 0 Å². The van der Waals surface area contributed by atoms with E-state index in [4.69, 9.17) is 5.11 Å². The summed E-state index contributed by atoms with van der Waals surface area (Å²) in [5, 5.41) is 7.70. The third kappa shape index (κ3) is 2.83. The number of aliphatic hydroxyl groups is 1. The Bertz CT molecular complexity index is 474. The largest absolute Gasteiger partial charge is 0.460 e. The summed E-state index contributed by atoms with van der Waals surface area (Å²) >= 11 is 0. The first kappa shape index (κ1) is 24.8. The highest BCUT2D eigenvalue weighted by Gasteiger charge is 2.95. The zero-order chi connectivity index (χ0) is 22.0. The predicted molar refractivity (Wildman–Crippen MR) is 42.9 cm³/mol. The van der Waals surface area contributed by atoms with E-state index in [2.05, 4.69) is 0 Å². The van der Waals surface area contributed by atoms with Crippen molar-refractivity contribution in [2.45, 2.75) is 47.8 Å². The zero-order valence-electron chi connectivity index (χ0n) is 10.9. The van der Waals surface area contributed by atoms with Gasteiger partial charge in [-0.15, -0.1) is 0 Å². The lowest BCUT2D eigenvalue weighted by molar-refractivity contribution is -0.478. The van der Waals surface area contributed by atoms with Crippen LogP contribution in [0.3, 0.4) is 0 Å². The molecular formula is C8HF17O. The molecule has 0 aliphatic rings. The van der Waals surface area contributed by atoms with Crippen molar-refractivity contribution in [1.82, 2.24) is 0 Å². The summed E-state index contributed by atoms with van der Waals surface area (Å²) in [6.45, 7) is 0. The van der Waals surface area contributed by atoms with Crippen LogP contribution in [0.15, 0.2) is 0 Å². The molecule has 0 spiro atoms. The van der Waals surface area contributed by atoms with Crippen LogP contribution in [0.2, 0.25) is 0 Å². The maximum absolute atomic E-state index is 12.8. The summed E-state index contributed by atoms with van der Waals surface area (Å²) in [6, 6.07) is 0. The van der Waals surface area contributed by atoms with Gasteiger partial charge in [0.25, 0.3) is 0 Å². The van der Waals surface area contributed by atoms with E-state index in [-0.39, 0.29) is 0 Å². The van der Waals surface area contributed by atoms with E-state index in [1.165, 1.54) is 0 Å². The van der Waals surface area contributed by atoms with Gasteiger partial charge >= 0.3 is 47.8 Å². The summed E-state index contributed by atoms with van der Waals surface area (Å²) in [7, 11) is 0. The first-order valence-corrected chi connectivity index (χ1v) is 5.19. The molecule has 0 aliphatic heterocycles. The Hall–Kier alpha value is -1.23. The Morgan fingerprint density at radius 1 is 0.308 bits per heavy atom. The first-order valence-electron chi connectivity index (χ1n) is 5.19. The molecule has 0 rings (SSSR count). The lowest BCUT2D eigenvalue weighted by Crippen LogP contribution is -2.74. The lowest BCUT2D eigenvalue weighted by Gasteiger charge is -2.42. The van der Waals surface area contributed by atoms with Crippen LogP contribution in [0.4, 0.5) is 74.6 Å². The quantitative estimate of drug-likeness (QED) is 0.606. The van der Waals surface area contributed by atoms with E-state index < -0.39 is 47.8 Å². The van der Waals surface area contributed by atoms with Crippen molar-refractivity contribution >= 4 is 0 Å². The van der Waals surface area contributed by atoms with Gasteiger partial charge < -0.3 is 5.11 Å². The second-order valence-electron chi connectivity index (χ2n) is 4.49. The highest BCUT2D eigenvalue weighted by Crippen LogP contribution is 2.63. The highest BCUT2D eigenvalue weighted by molar-refractivity contribution is 5.13. The van der Waals surface area contributed by atoms with Gasteiger partial charge in [-0.1, -0.05) is 0 Å². The topological polar surface area (TPSA) is 20.2 Å². The predicted octanol–water partition coefficient (Wildman–Crippen LogP) is 4.95. The maximum atomic E-state index is 12.8. The Balaban J connectivity index is 6.61. The van der Waals surface area contributed by atoms with Crippen molar-refractivity contribution in [3.8, 4) is 0 Å². The monoisotopic (exact) mass is 436 g/mol. The molecule has 1 atom stereocenters. The molecule has 0 radical (unpaired) electrons. The minimum atomic E-state index is -8.64. The lowest BCUT2D eigenvalue weighted by atomic mass is 9.90. The highest BCUT2D eigenvalue weighted by atomic mass is 19.4. The zero-order valence-corrected chi connectivity index (χ0v) is 10.9. The molecule has 0 bridgehead atoms. The minimum absolute atomic E-state index is 7.59. The molecule has 1 unspecified atom stereocenters. The van der Waals surface area contributed by atoms with Crippen LogP contribution in [0.1, 0.15) is 0 Å². The molecule has 0 aromatic heterocycles. The molecular weight excluding hydrogens is 435 g/mol. The number of alkyl halides is 17. The van der Waals surface area contributed by atoms with E-state index in [0.29, 0.717) is 0 Å². The molecule has 1 N–H and O–H groups in total. The Morgan fingerprint density at radius 2 is 0.538 bits per heavy atom. The van der Waals surface area contributed by atoms with E-state index in [1.54, 1.807) is 0 Å². The molecule has 0 amide bonds. The Labute approximate surface area is 129 Å². The van der Waals surface area contributed by atoms with E-state index in [9.17, 15) is 74.6 Å². The Morgan fingerprint density at radius 3 is 0.769 bits per heavy atom. The van der Waals surface area contributed by atoms with Gasteiger partial charge in [0.1, 0.15) is 0 Å². The van der Waals surface area contributed by atoms with Gasteiger partial charge in [-0.25, -0.2) is 0 Å². The second kappa shape index (κ2) is 5.63. The van der Waals surface area contributed by atoms with Gasteiger partial charge in [0.2, 0.25) is 0 Å². The van der Waals surface area contributed by atoms with E-state index in [0.717, 1.165) is 0 Å².